The predicted molar refractivity (Wildman–Crippen MR) is 136 cm³/mol. The quantitative estimate of drug-likeness (QED) is 0.530. The summed E-state index contributed by atoms with van der Waals surface area (Å²) in [5, 5.41) is 8.46. The molecule has 0 bridgehead atoms. The van der Waals surface area contributed by atoms with E-state index in [1.54, 1.807) is 4.90 Å². The number of aromatic nitrogens is 3. The number of hydrogen-bond donors (Lipinski definition) is 2. The Labute approximate surface area is 205 Å². The van der Waals surface area contributed by atoms with Crippen molar-refractivity contribution in [3.8, 4) is 0 Å². The molecule has 3 aromatic rings. The van der Waals surface area contributed by atoms with Gasteiger partial charge < -0.3 is 20.9 Å². The van der Waals surface area contributed by atoms with Gasteiger partial charge in [0, 0.05) is 24.7 Å². The summed E-state index contributed by atoms with van der Waals surface area (Å²) < 4.78 is 1.96. The predicted octanol–water partition coefficient (Wildman–Crippen LogP) is 3.14. The van der Waals surface area contributed by atoms with Crippen molar-refractivity contribution < 1.29 is 9.59 Å². The topological polar surface area (TPSA) is 109 Å². The van der Waals surface area contributed by atoms with E-state index < -0.39 is 11.8 Å². The molecule has 2 aliphatic rings. The number of hydrogen-bond acceptors (Lipinski definition) is 6. The van der Waals surface area contributed by atoms with Crippen LogP contribution in [0.15, 0.2) is 36.7 Å². The van der Waals surface area contributed by atoms with Gasteiger partial charge in [-0.15, -0.1) is 0 Å². The van der Waals surface area contributed by atoms with Crippen molar-refractivity contribution in [3.63, 3.8) is 0 Å². The van der Waals surface area contributed by atoms with Gasteiger partial charge in [-0.2, -0.15) is 5.10 Å². The van der Waals surface area contributed by atoms with Crippen LogP contribution in [0, 0.1) is 0 Å². The fourth-order valence-corrected chi connectivity index (χ4v) is 4.84. The number of nitrogen functional groups attached to an aromatic ring is 1. The van der Waals surface area contributed by atoms with E-state index in [4.69, 9.17) is 5.73 Å². The van der Waals surface area contributed by atoms with Gasteiger partial charge in [-0.1, -0.05) is 6.07 Å². The van der Waals surface area contributed by atoms with E-state index in [1.807, 2.05) is 37.0 Å². The Morgan fingerprint density at radius 3 is 2.77 bits per heavy atom. The van der Waals surface area contributed by atoms with E-state index in [0.717, 1.165) is 67.2 Å². The van der Waals surface area contributed by atoms with Crippen LogP contribution >= 0.6 is 0 Å². The number of amides is 2. The summed E-state index contributed by atoms with van der Waals surface area (Å²) in [7, 11) is 4.09. The Kier molecular flexibility index (Phi) is 6.42. The van der Waals surface area contributed by atoms with Gasteiger partial charge in [0.25, 0.3) is 0 Å². The van der Waals surface area contributed by atoms with Gasteiger partial charge in [-0.25, -0.2) is 4.98 Å². The molecule has 2 amide bonds. The third-order valence-electron chi connectivity index (χ3n) is 6.92. The van der Waals surface area contributed by atoms with E-state index in [-0.39, 0.29) is 6.04 Å². The van der Waals surface area contributed by atoms with Crippen molar-refractivity contribution in [1.82, 2.24) is 24.6 Å². The zero-order chi connectivity index (χ0) is 24.5. The highest BCUT2D eigenvalue weighted by Gasteiger charge is 2.32. The number of nitrogens with one attached hydrogen (secondary N) is 1. The lowest BCUT2D eigenvalue weighted by Crippen LogP contribution is -2.44. The highest BCUT2D eigenvalue weighted by molar-refractivity contribution is 6.39. The second-order valence-electron chi connectivity index (χ2n) is 9.95. The molecule has 0 unspecified atom stereocenters. The van der Waals surface area contributed by atoms with Crippen molar-refractivity contribution in [1.29, 1.82) is 0 Å². The minimum absolute atomic E-state index is 0.136. The molecule has 9 heteroatoms. The Morgan fingerprint density at radius 2 is 2.00 bits per heavy atom. The van der Waals surface area contributed by atoms with Gasteiger partial charge in [0.2, 0.25) is 0 Å². The number of anilines is 2. The maximum atomic E-state index is 13.2. The number of carbonyl (C=O) groups excluding carboxylic acids is 2. The molecule has 2 fully saturated rings. The van der Waals surface area contributed by atoms with Gasteiger partial charge in [0.15, 0.2) is 0 Å². The number of nitrogens with zero attached hydrogens (tertiary/aromatic N) is 5. The van der Waals surface area contributed by atoms with Crippen LogP contribution in [0.3, 0.4) is 0 Å². The summed E-state index contributed by atoms with van der Waals surface area (Å²) in [6.45, 7) is 2.28. The summed E-state index contributed by atoms with van der Waals surface area (Å²) in [6, 6.07) is 7.86. The van der Waals surface area contributed by atoms with Crippen molar-refractivity contribution >= 4 is 34.2 Å². The zero-order valence-corrected chi connectivity index (χ0v) is 20.4. The monoisotopic (exact) mass is 475 g/mol. The normalized spacial score (nSPS) is 18.3. The molecular formula is C26H33N7O2. The van der Waals surface area contributed by atoms with Crippen LogP contribution in [-0.4, -0.2) is 63.6 Å². The van der Waals surface area contributed by atoms with Crippen LogP contribution in [-0.2, 0) is 16.1 Å². The number of likely N-dealkylation sites (N-methyl/N-ethyl adjacent to an activating group) is 1. The summed E-state index contributed by atoms with van der Waals surface area (Å²) in [6.07, 6.45) is 8.46. The minimum Gasteiger partial charge on any atom is -0.383 e. The van der Waals surface area contributed by atoms with Gasteiger partial charge in [0.1, 0.15) is 5.82 Å². The summed E-state index contributed by atoms with van der Waals surface area (Å²) in [5.74, 6) is -0.249. The second kappa shape index (κ2) is 9.65. The lowest BCUT2D eigenvalue weighted by molar-refractivity contribution is -0.145. The summed E-state index contributed by atoms with van der Waals surface area (Å²) in [5.41, 5.74) is 9.42. The molecule has 0 radical (unpaired) electrons. The van der Waals surface area contributed by atoms with Gasteiger partial charge >= 0.3 is 11.8 Å². The number of likely N-dealkylation sites (tertiary alicyclic amines) is 1. The number of benzene rings is 1. The number of carbonyl (C=O) groups is 2. The molecule has 1 aliphatic carbocycles. The molecule has 3 heterocycles. The van der Waals surface area contributed by atoms with Crippen molar-refractivity contribution in [2.24, 2.45) is 0 Å². The first-order chi connectivity index (χ1) is 16.9. The molecular weight excluding hydrogens is 442 g/mol. The average molecular weight is 476 g/mol. The van der Waals surface area contributed by atoms with Crippen LogP contribution in [0.1, 0.15) is 55.2 Å². The minimum atomic E-state index is -0.636. The maximum Gasteiger partial charge on any atom is 0.313 e. The van der Waals surface area contributed by atoms with E-state index in [0.29, 0.717) is 24.0 Å². The largest absolute Gasteiger partial charge is 0.383 e. The van der Waals surface area contributed by atoms with Gasteiger partial charge in [-0.3, -0.25) is 14.3 Å². The standard InChI is InChI=1S/C26H33N7O2/c1-31(2)11-12-32-16-19-13-18(8-9-22(19)30-32)23-5-3-4-10-33(23)26(35)25(34)29-20-14-21(17-6-7-17)24(27)28-15-20/h8-9,13-17,23H,3-7,10-12H2,1-2H3,(H2,27,28)(H,29,34)/t23-/m0/s1. The first kappa shape index (κ1) is 23.3. The Bertz CT molecular complexity index is 1250. The van der Waals surface area contributed by atoms with E-state index in [9.17, 15) is 9.59 Å². The zero-order valence-electron chi connectivity index (χ0n) is 20.4. The fraction of sp³-hybridized carbons (Fsp3) is 0.462. The van der Waals surface area contributed by atoms with E-state index >= 15 is 0 Å². The van der Waals surface area contributed by atoms with E-state index in [1.165, 1.54) is 6.20 Å². The smallest absolute Gasteiger partial charge is 0.313 e. The molecule has 35 heavy (non-hydrogen) atoms. The fourth-order valence-electron chi connectivity index (χ4n) is 4.84. The number of piperidine rings is 1. The molecule has 1 aliphatic heterocycles. The Balaban J connectivity index is 1.32. The lowest BCUT2D eigenvalue weighted by atomic mass is 9.94. The molecule has 9 nitrogen and oxygen atoms in total. The van der Waals surface area contributed by atoms with Crippen molar-refractivity contribution in [2.75, 3.05) is 38.2 Å². The van der Waals surface area contributed by atoms with Gasteiger partial charge in [0.05, 0.1) is 30.0 Å². The second-order valence-corrected chi connectivity index (χ2v) is 9.95. The number of pyridine rings is 1. The van der Waals surface area contributed by atoms with Crippen LogP contribution in [0.5, 0.6) is 0 Å². The first-order valence-corrected chi connectivity index (χ1v) is 12.4. The van der Waals surface area contributed by atoms with Crippen LogP contribution in [0.4, 0.5) is 11.5 Å². The highest BCUT2D eigenvalue weighted by atomic mass is 16.2. The third kappa shape index (κ3) is 5.14. The van der Waals surface area contributed by atoms with Crippen LogP contribution in [0.2, 0.25) is 0 Å². The first-order valence-electron chi connectivity index (χ1n) is 12.4. The van der Waals surface area contributed by atoms with Crippen molar-refractivity contribution in [3.05, 3.63) is 47.8 Å². The van der Waals surface area contributed by atoms with Crippen LogP contribution in [0.25, 0.3) is 10.9 Å². The third-order valence-corrected chi connectivity index (χ3v) is 6.92. The Morgan fingerprint density at radius 1 is 1.17 bits per heavy atom. The molecule has 5 rings (SSSR count). The van der Waals surface area contributed by atoms with Crippen LogP contribution < -0.4 is 11.1 Å². The summed E-state index contributed by atoms with van der Waals surface area (Å²) in [4.78, 5) is 34.2. The molecule has 1 atom stereocenters. The molecule has 2 aromatic heterocycles. The molecule has 3 N–H and O–H groups in total. The average Bonchev–Trinajstić information content (AvgIpc) is 3.61. The molecule has 1 saturated carbocycles. The Hall–Kier alpha value is -3.46. The molecule has 0 spiro atoms. The molecule has 1 saturated heterocycles. The SMILES string of the molecule is CN(C)CCn1cc2cc([C@@H]3CCCCN3C(=O)C(=O)Nc3cnc(N)c(C4CC4)c3)ccc2n1. The summed E-state index contributed by atoms with van der Waals surface area (Å²) >= 11 is 0. The lowest BCUT2D eigenvalue weighted by Gasteiger charge is -2.35. The van der Waals surface area contributed by atoms with Gasteiger partial charge in [-0.05, 0) is 81.4 Å². The van der Waals surface area contributed by atoms with Crippen molar-refractivity contribution in [2.45, 2.75) is 50.6 Å². The molecule has 1 aromatic carbocycles. The van der Waals surface area contributed by atoms with E-state index in [2.05, 4.69) is 32.6 Å². The highest BCUT2D eigenvalue weighted by Crippen LogP contribution is 2.42. The number of fused-ring (bicyclic) bond motifs is 1. The number of nitrogens with two attached hydrogens (primary N) is 1. The number of rotatable bonds is 6. The molecule has 184 valence electrons. The maximum absolute atomic E-state index is 13.2.